The van der Waals surface area contributed by atoms with Crippen LogP contribution in [0.5, 0.6) is 0 Å². The maximum Gasteiger partial charge on any atom is 0.305 e. The van der Waals surface area contributed by atoms with Crippen molar-refractivity contribution in [3.63, 3.8) is 0 Å². The fraction of sp³-hybridized carbons (Fsp3) is 0.419. The number of carbonyl (C=O) groups excluding carboxylic acids is 1. The Bertz CT molecular complexity index is 1690. The second kappa shape index (κ2) is 11.4. The SMILES string of the molecule is COC(=O)CCC1=C(I)/C(=C/c2[nH]c(/C=c3\[nH]/c(=C\C4=NC(C)(C#N)C(C)(C)C4)c(C)c3C)c(C)c2C)N=C1I. The molecule has 2 aromatic heterocycles. The molecule has 2 aromatic rings. The van der Waals surface area contributed by atoms with E-state index in [0.29, 0.717) is 12.8 Å². The Morgan fingerprint density at radius 1 is 1.00 bits per heavy atom. The maximum absolute atomic E-state index is 11.7. The van der Waals surface area contributed by atoms with E-state index in [4.69, 9.17) is 14.7 Å². The van der Waals surface area contributed by atoms with Crippen LogP contribution < -0.4 is 10.7 Å². The molecule has 1 unspecified atom stereocenters. The molecule has 9 heteroatoms. The zero-order valence-corrected chi connectivity index (χ0v) is 28.6. The number of hydrogen-bond donors (Lipinski definition) is 2. The Labute approximate surface area is 263 Å². The lowest BCUT2D eigenvalue weighted by Crippen LogP contribution is -2.34. The van der Waals surface area contributed by atoms with E-state index >= 15 is 0 Å². The molecule has 2 N–H and O–H groups in total. The number of nitriles is 1. The number of carbonyl (C=O) groups is 1. The van der Waals surface area contributed by atoms with Crippen molar-refractivity contribution in [2.45, 2.75) is 73.3 Å². The lowest BCUT2D eigenvalue weighted by molar-refractivity contribution is -0.140. The summed E-state index contributed by atoms with van der Waals surface area (Å²) in [5, 5.41) is 11.8. The van der Waals surface area contributed by atoms with Gasteiger partial charge < -0.3 is 14.7 Å². The Morgan fingerprint density at radius 3 is 2.17 bits per heavy atom. The molecular formula is C31H35I2N5O2. The standard InChI is InChI=1S/C31H35I2N5O2/c1-16-17(2)23(35-22(16)11-20-14-30(5,6)31(7,15-34)38-20)12-24-18(3)19(4)25(36-24)13-26-28(32)21(29(33)37-26)9-10-27(39)40-8/h11-13,35-36H,9-10,14H2,1-8H3/b22-11-,23-12-,26-13-. The molecule has 0 saturated heterocycles. The van der Waals surface area contributed by atoms with Crippen LogP contribution in [0.25, 0.3) is 18.2 Å². The lowest BCUT2D eigenvalue weighted by atomic mass is 9.74. The predicted molar refractivity (Wildman–Crippen MR) is 179 cm³/mol. The summed E-state index contributed by atoms with van der Waals surface area (Å²) in [6, 6.07) is 2.41. The first-order chi connectivity index (χ1) is 18.7. The first-order valence-electron chi connectivity index (χ1n) is 13.2. The predicted octanol–water partition coefficient (Wildman–Crippen LogP) is 6.17. The van der Waals surface area contributed by atoms with E-state index in [1.54, 1.807) is 0 Å². The van der Waals surface area contributed by atoms with Gasteiger partial charge in [0.25, 0.3) is 0 Å². The molecule has 0 spiro atoms. The van der Waals surface area contributed by atoms with Crippen LogP contribution in [0.2, 0.25) is 0 Å². The minimum absolute atomic E-state index is 0.210. The Balaban J connectivity index is 1.69. The van der Waals surface area contributed by atoms with Crippen molar-refractivity contribution in [1.29, 1.82) is 5.26 Å². The van der Waals surface area contributed by atoms with E-state index in [9.17, 15) is 10.1 Å². The molecule has 210 valence electrons. The summed E-state index contributed by atoms with van der Waals surface area (Å²) in [5.74, 6) is -0.217. The third-order valence-electron chi connectivity index (χ3n) is 8.45. The van der Waals surface area contributed by atoms with Gasteiger partial charge in [-0.15, -0.1) is 0 Å². The molecule has 0 saturated carbocycles. The molecule has 2 aliphatic rings. The summed E-state index contributed by atoms with van der Waals surface area (Å²) < 4.78 is 6.78. The van der Waals surface area contributed by atoms with Gasteiger partial charge in [-0.2, -0.15) is 5.26 Å². The molecule has 2 aliphatic heterocycles. The third-order valence-corrected chi connectivity index (χ3v) is 10.5. The minimum atomic E-state index is -0.719. The molecule has 0 aliphatic carbocycles. The van der Waals surface area contributed by atoms with Crippen LogP contribution in [-0.2, 0) is 9.53 Å². The summed E-state index contributed by atoms with van der Waals surface area (Å²) in [4.78, 5) is 28.4. The van der Waals surface area contributed by atoms with Gasteiger partial charge in [-0.1, -0.05) is 13.8 Å². The number of aromatic amines is 2. The zero-order chi connectivity index (χ0) is 29.6. The summed E-state index contributed by atoms with van der Waals surface area (Å²) in [6.07, 6.45) is 8.05. The van der Waals surface area contributed by atoms with Gasteiger partial charge in [0.15, 0.2) is 0 Å². The number of ether oxygens (including phenoxy) is 1. The normalized spacial score (nSPS) is 22.3. The highest BCUT2D eigenvalue weighted by Gasteiger charge is 2.46. The topological polar surface area (TPSA) is 106 Å². The first kappa shape index (κ1) is 30.5. The summed E-state index contributed by atoms with van der Waals surface area (Å²) in [6.45, 7) is 14.6. The Morgan fingerprint density at radius 2 is 1.60 bits per heavy atom. The molecule has 0 radical (unpaired) electrons. The zero-order valence-electron chi connectivity index (χ0n) is 24.3. The van der Waals surface area contributed by atoms with Crippen molar-refractivity contribution in [1.82, 2.24) is 9.97 Å². The van der Waals surface area contributed by atoms with E-state index in [0.717, 1.165) is 52.8 Å². The van der Waals surface area contributed by atoms with E-state index in [2.05, 4.69) is 121 Å². The van der Waals surface area contributed by atoms with Crippen LogP contribution in [0, 0.1) is 44.4 Å². The van der Waals surface area contributed by atoms with Gasteiger partial charge in [0.05, 0.1) is 18.9 Å². The Kier molecular flexibility index (Phi) is 8.72. The molecule has 4 heterocycles. The highest BCUT2D eigenvalue weighted by atomic mass is 127. The van der Waals surface area contributed by atoms with Crippen molar-refractivity contribution >= 4 is 78.8 Å². The van der Waals surface area contributed by atoms with Gasteiger partial charge in [-0.05, 0) is 133 Å². The summed E-state index contributed by atoms with van der Waals surface area (Å²) in [7, 11) is 1.41. The number of halogens is 2. The number of nitrogens with one attached hydrogen (secondary N) is 2. The monoisotopic (exact) mass is 763 g/mol. The van der Waals surface area contributed by atoms with E-state index < -0.39 is 5.54 Å². The van der Waals surface area contributed by atoms with Crippen LogP contribution in [0.1, 0.15) is 73.7 Å². The van der Waals surface area contributed by atoms with Gasteiger partial charge in [0.1, 0.15) is 9.26 Å². The van der Waals surface area contributed by atoms with E-state index in [1.807, 2.05) is 6.92 Å². The number of methoxy groups -OCH3 is 1. The number of nitrogens with zero attached hydrogens (tertiary/aromatic N) is 3. The van der Waals surface area contributed by atoms with Crippen molar-refractivity contribution in [2.24, 2.45) is 15.4 Å². The number of allylic oxidation sites excluding steroid dienone is 2. The quantitative estimate of drug-likeness (QED) is 0.272. The molecule has 0 amide bonds. The summed E-state index contributed by atoms with van der Waals surface area (Å²) in [5.41, 5.74) is 8.76. The molecule has 0 fully saturated rings. The van der Waals surface area contributed by atoms with Gasteiger partial charge in [0.2, 0.25) is 0 Å². The lowest BCUT2D eigenvalue weighted by Gasteiger charge is -2.29. The van der Waals surface area contributed by atoms with Crippen LogP contribution in [-0.4, -0.2) is 38.0 Å². The molecule has 0 aromatic carbocycles. The average Bonchev–Trinajstić information content (AvgIpc) is 3.51. The van der Waals surface area contributed by atoms with Gasteiger partial charge in [-0.3, -0.25) is 9.79 Å². The van der Waals surface area contributed by atoms with E-state index in [1.165, 1.54) is 29.4 Å². The molecule has 7 nitrogen and oxygen atoms in total. The van der Waals surface area contributed by atoms with Gasteiger partial charge >= 0.3 is 5.97 Å². The maximum atomic E-state index is 11.7. The first-order valence-corrected chi connectivity index (χ1v) is 15.4. The van der Waals surface area contributed by atoms with Crippen molar-refractivity contribution in [3.05, 3.63) is 59.2 Å². The van der Waals surface area contributed by atoms with Crippen molar-refractivity contribution < 1.29 is 9.53 Å². The van der Waals surface area contributed by atoms with Gasteiger partial charge in [0, 0.05) is 48.8 Å². The van der Waals surface area contributed by atoms with Crippen LogP contribution in [0.3, 0.4) is 0 Å². The second-order valence-electron chi connectivity index (χ2n) is 11.3. The summed E-state index contributed by atoms with van der Waals surface area (Å²) >= 11 is 4.56. The highest BCUT2D eigenvalue weighted by Crippen LogP contribution is 2.43. The number of H-pyrrole nitrogens is 2. The molecule has 40 heavy (non-hydrogen) atoms. The molecule has 0 bridgehead atoms. The van der Waals surface area contributed by atoms with Crippen LogP contribution in [0.15, 0.2) is 24.8 Å². The van der Waals surface area contributed by atoms with Crippen LogP contribution in [0.4, 0.5) is 0 Å². The number of aliphatic imine (C=N–C) groups is 2. The average molecular weight is 763 g/mol. The number of esters is 1. The molecular weight excluding hydrogens is 728 g/mol. The number of aromatic nitrogens is 2. The largest absolute Gasteiger partial charge is 0.469 e. The molecule has 4 rings (SSSR count). The van der Waals surface area contributed by atoms with Gasteiger partial charge in [-0.25, -0.2) is 4.99 Å². The highest BCUT2D eigenvalue weighted by molar-refractivity contribution is 14.1. The third kappa shape index (κ3) is 5.66. The fourth-order valence-corrected chi connectivity index (χ4v) is 7.08. The van der Waals surface area contributed by atoms with Crippen molar-refractivity contribution in [3.8, 4) is 6.07 Å². The molecule has 1 atom stereocenters. The number of rotatable bonds is 6. The smallest absolute Gasteiger partial charge is 0.305 e. The second-order valence-corrected chi connectivity index (χ2v) is 13.4. The van der Waals surface area contributed by atoms with Crippen molar-refractivity contribution in [2.75, 3.05) is 7.11 Å². The fourth-order valence-electron chi connectivity index (χ4n) is 4.97. The van der Waals surface area contributed by atoms with Crippen LogP contribution >= 0.6 is 45.2 Å². The minimum Gasteiger partial charge on any atom is -0.469 e. The Hall–Kier alpha value is -2.46. The van der Waals surface area contributed by atoms with E-state index in [-0.39, 0.29) is 11.4 Å². The number of hydrogen-bond acceptors (Lipinski definition) is 5.